The lowest BCUT2D eigenvalue weighted by molar-refractivity contribution is -0.121. The van der Waals surface area contributed by atoms with Gasteiger partial charge in [-0.2, -0.15) is 0 Å². The number of Topliss-reactive ketones (excluding diaryl/α,β-unsaturated/α-hetero) is 1. The maximum atomic E-state index is 12.2. The van der Waals surface area contributed by atoms with E-state index >= 15 is 0 Å². The lowest BCUT2D eigenvalue weighted by atomic mass is 9.99. The number of halogens is 1. The number of aryl methyl sites for hydroxylation is 2. The van der Waals surface area contributed by atoms with Gasteiger partial charge in [-0.25, -0.2) is 0 Å². The molecule has 2 aromatic carbocycles. The van der Waals surface area contributed by atoms with E-state index in [2.05, 4.69) is 10.9 Å². The Morgan fingerprint density at radius 3 is 2.36 bits per heavy atom. The molecule has 0 bridgehead atoms. The fourth-order valence-electron chi connectivity index (χ4n) is 2.30. The van der Waals surface area contributed by atoms with E-state index in [1.165, 1.54) is 0 Å². The highest BCUT2D eigenvalue weighted by atomic mass is 35.5. The van der Waals surface area contributed by atoms with Crippen LogP contribution in [0, 0.1) is 13.8 Å². The number of rotatable bonds is 5. The smallest absolute Gasteiger partial charge is 0.271 e. The van der Waals surface area contributed by atoms with Crippen molar-refractivity contribution < 1.29 is 14.4 Å². The van der Waals surface area contributed by atoms with Gasteiger partial charge in [-0.3, -0.25) is 25.2 Å². The fourth-order valence-corrected chi connectivity index (χ4v) is 2.52. The second-order valence-electron chi connectivity index (χ2n) is 5.72. The van der Waals surface area contributed by atoms with Crippen LogP contribution >= 0.6 is 11.6 Å². The highest BCUT2D eigenvalue weighted by Crippen LogP contribution is 2.15. The normalized spacial score (nSPS) is 10.2. The third-order valence-corrected chi connectivity index (χ3v) is 4.04. The van der Waals surface area contributed by atoms with Gasteiger partial charge in [0.05, 0.1) is 10.6 Å². The molecule has 0 heterocycles. The van der Waals surface area contributed by atoms with Gasteiger partial charge < -0.3 is 0 Å². The van der Waals surface area contributed by atoms with Crippen molar-refractivity contribution in [2.45, 2.75) is 26.7 Å². The summed E-state index contributed by atoms with van der Waals surface area (Å²) in [5.41, 5.74) is 7.33. The molecule has 0 aliphatic rings. The van der Waals surface area contributed by atoms with Crippen LogP contribution in [0.4, 0.5) is 0 Å². The number of benzene rings is 2. The number of ketones is 1. The van der Waals surface area contributed by atoms with Gasteiger partial charge in [0.15, 0.2) is 5.78 Å². The molecule has 0 spiro atoms. The van der Waals surface area contributed by atoms with Crippen molar-refractivity contribution >= 4 is 29.2 Å². The number of carbonyl (C=O) groups excluding carboxylic acids is 3. The molecule has 0 aliphatic carbocycles. The van der Waals surface area contributed by atoms with E-state index in [4.69, 9.17) is 11.6 Å². The Morgan fingerprint density at radius 2 is 1.64 bits per heavy atom. The summed E-state index contributed by atoms with van der Waals surface area (Å²) in [7, 11) is 0. The summed E-state index contributed by atoms with van der Waals surface area (Å²) in [6.07, 6.45) is 0.0487. The van der Waals surface area contributed by atoms with Crippen LogP contribution in [-0.2, 0) is 4.79 Å². The van der Waals surface area contributed by atoms with Gasteiger partial charge in [0.1, 0.15) is 0 Å². The van der Waals surface area contributed by atoms with E-state index in [1.807, 2.05) is 32.0 Å². The predicted octanol–water partition coefficient (Wildman–Crippen LogP) is 3.38. The van der Waals surface area contributed by atoms with Crippen LogP contribution in [0.25, 0.3) is 0 Å². The lowest BCUT2D eigenvalue weighted by Gasteiger charge is -2.09. The first-order valence-corrected chi connectivity index (χ1v) is 8.20. The summed E-state index contributed by atoms with van der Waals surface area (Å²) in [6, 6.07) is 12.1. The van der Waals surface area contributed by atoms with Crippen LogP contribution in [0.15, 0.2) is 42.5 Å². The third-order valence-electron chi connectivity index (χ3n) is 3.71. The van der Waals surface area contributed by atoms with Gasteiger partial charge in [-0.05, 0) is 37.6 Å². The minimum absolute atomic E-state index is 0.0188. The van der Waals surface area contributed by atoms with Crippen molar-refractivity contribution in [3.63, 3.8) is 0 Å². The number of amides is 2. The molecule has 2 N–H and O–H groups in total. The van der Waals surface area contributed by atoms with E-state index in [-0.39, 0.29) is 24.2 Å². The van der Waals surface area contributed by atoms with Crippen molar-refractivity contribution in [2.24, 2.45) is 0 Å². The number of hydrogen-bond donors (Lipinski definition) is 2. The van der Waals surface area contributed by atoms with E-state index in [0.29, 0.717) is 10.6 Å². The average molecular weight is 359 g/mol. The Hall–Kier alpha value is -2.66. The van der Waals surface area contributed by atoms with Crippen molar-refractivity contribution in [1.82, 2.24) is 10.9 Å². The Bertz CT molecular complexity index is 818. The average Bonchev–Trinajstić information content (AvgIpc) is 2.60. The Kier molecular flexibility index (Phi) is 6.31. The molecule has 0 unspecified atom stereocenters. The van der Waals surface area contributed by atoms with Gasteiger partial charge in [0.25, 0.3) is 5.91 Å². The number of carbonyl (C=O) groups is 3. The summed E-state index contributed by atoms with van der Waals surface area (Å²) < 4.78 is 0. The monoisotopic (exact) mass is 358 g/mol. The first-order chi connectivity index (χ1) is 11.9. The van der Waals surface area contributed by atoms with Crippen LogP contribution in [-0.4, -0.2) is 17.6 Å². The summed E-state index contributed by atoms with van der Waals surface area (Å²) in [5.74, 6) is -1.06. The van der Waals surface area contributed by atoms with Crippen LogP contribution < -0.4 is 10.9 Å². The molecule has 2 amide bonds. The molecule has 0 aromatic heterocycles. The molecule has 0 saturated heterocycles. The van der Waals surface area contributed by atoms with Crippen LogP contribution in [0.5, 0.6) is 0 Å². The molecule has 0 aliphatic heterocycles. The molecule has 2 rings (SSSR count). The van der Waals surface area contributed by atoms with Crippen LogP contribution in [0.1, 0.15) is 44.7 Å². The van der Waals surface area contributed by atoms with E-state index in [0.717, 1.165) is 11.1 Å². The van der Waals surface area contributed by atoms with Crippen molar-refractivity contribution in [2.75, 3.05) is 0 Å². The highest BCUT2D eigenvalue weighted by Gasteiger charge is 2.13. The molecular weight excluding hydrogens is 340 g/mol. The molecule has 0 radical (unpaired) electrons. The second kappa shape index (κ2) is 8.44. The zero-order valence-corrected chi connectivity index (χ0v) is 14.8. The molecule has 6 heteroatoms. The summed E-state index contributed by atoms with van der Waals surface area (Å²) in [6.45, 7) is 3.77. The molecule has 0 atom stereocenters. The van der Waals surface area contributed by atoms with Crippen molar-refractivity contribution in [3.8, 4) is 0 Å². The summed E-state index contributed by atoms with van der Waals surface area (Å²) in [4.78, 5) is 36.0. The van der Waals surface area contributed by atoms with Gasteiger partial charge in [0.2, 0.25) is 5.91 Å². The van der Waals surface area contributed by atoms with Crippen molar-refractivity contribution in [3.05, 3.63) is 69.7 Å². The first kappa shape index (κ1) is 18.7. The SMILES string of the molecule is Cc1ccc(C)c(C(=O)CCC(=O)NNC(=O)c2ccccc2Cl)c1. The summed E-state index contributed by atoms with van der Waals surface area (Å²) in [5, 5.41) is 0.291. The minimum atomic E-state index is -0.514. The number of hydrogen-bond acceptors (Lipinski definition) is 3. The first-order valence-electron chi connectivity index (χ1n) is 7.82. The molecule has 25 heavy (non-hydrogen) atoms. The zero-order valence-electron chi connectivity index (χ0n) is 14.1. The van der Waals surface area contributed by atoms with Gasteiger partial charge in [-0.1, -0.05) is 41.4 Å². The molecule has 2 aromatic rings. The fraction of sp³-hybridized carbons (Fsp3) is 0.211. The Labute approximate surface area is 151 Å². The van der Waals surface area contributed by atoms with E-state index in [9.17, 15) is 14.4 Å². The molecule has 130 valence electrons. The summed E-state index contributed by atoms with van der Waals surface area (Å²) >= 11 is 5.91. The number of nitrogens with one attached hydrogen (secondary N) is 2. The molecule has 5 nitrogen and oxygen atoms in total. The van der Waals surface area contributed by atoms with E-state index < -0.39 is 11.8 Å². The zero-order chi connectivity index (χ0) is 18.4. The Balaban J connectivity index is 1.85. The maximum Gasteiger partial charge on any atom is 0.271 e. The third kappa shape index (κ3) is 5.16. The molecule has 0 saturated carbocycles. The standard InChI is InChI=1S/C19H19ClN2O3/c1-12-7-8-13(2)15(11-12)17(23)9-10-18(24)21-22-19(25)14-5-3-4-6-16(14)20/h3-8,11H,9-10H2,1-2H3,(H,21,24)(H,22,25). The topological polar surface area (TPSA) is 75.3 Å². The van der Waals surface area contributed by atoms with Crippen LogP contribution in [0.3, 0.4) is 0 Å². The van der Waals surface area contributed by atoms with E-state index in [1.54, 1.807) is 24.3 Å². The predicted molar refractivity (Wildman–Crippen MR) is 96.5 cm³/mol. The molecular formula is C19H19ClN2O3. The Morgan fingerprint density at radius 1 is 0.920 bits per heavy atom. The second-order valence-corrected chi connectivity index (χ2v) is 6.13. The lowest BCUT2D eigenvalue weighted by Crippen LogP contribution is -2.41. The minimum Gasteiger partial charge on any atom is -0.294 e. The van der Waals surface area contributed by atoms with Crippen LogP contribution in [0.2, 0.25) is 5.02 Å². The van der Waals surface area contributed by atoms with Gasteiger partial charge >= 0.3 is 0 Å². The maximum absolute atomic E-state index is 12.2. The highest BCUT2D eigenvalue weighted by molar-refractivity contribution is 6.33. The van der Waals surface area contributed by atoms with Gasteiger partial charge in [0, 0.05) is 18.4 Å². The van der Waals surface area contributed by atoms with Crippen molar-refractivity contribution in [1.29, 1.82) is 0 Å². The van der Waals surface area contributed by atoms with Gasteiger partial charge in [-0.15, -0.1) is 0 Å². The quantitative estimate of drug-likeness (QED) is 0.635. The number of hydrazine groups is 1. The molecule has 0 fully saturated rings. The largest absolute Gasteiger partial charge is 0.294 e.